The van der Waals surface area contributed by atoms with E-state index in [1.807, 2.05) is 30.3 Å². The maximum Gasteiger partial charge on any atom is 0.296 e. The number of benzene rings is 1. The van der Waals surface area contributed by atoms with Crippen LogP contribution in [0.4, 0.5) is 0 Å². The van der Waals surface area contributed by atoms with Crippen LogP contribution in [0.2, 0.25) is 0 Å². The maximum atomic E-state index is 13.0. The summed E-state index contributed by atoms with van der Waals surface area (Å²) in [5.74, 6) is -0.274. The Balaban J connectivity index is 1.64. The lowest BCUT2D eigenvalue weighted by Gasteiger charge is -2.32. The van der Waals surface area contributed by atoms with Crippen molar-refractivity contribution in [3.63, 3.8) is 0 Å². The van der Waals surface area contributed by atoms with Gasteiger partial charge < -0.3 is 24.6 Å². The highest BCUT2D eigenvalue weighted by atomic mass is 16.5. The van der Waals surface area contributed by atoms with Gasteiger partial charge in [-0.1, -0.05) is 24.3 Å². The van der Waals surface area contributed by atoms with E-state index < -0.39 is 22.8 Å². The Kier molecular flexibility index (Phi) is 6.25. The summed E-state index contributed by atoms with van der Waals surface area (Å²) in [5.41, 5.74) is 0.424. The fourth-order valence-corrected chi connectivity index (χ4v) is 3.92. The number of fused-ring (bicyclic) bond motifs is 1. The molecule has 0 atom stereocenters. The minimum absolute atomic E-state index is 0.115. The quantitative estimate of drug-likeness (QED) is 0.567. The van der Waals surface area contributed by atoms with Crippen molar-refractivity contribution in [1.82, 2.24) is 19.9 Å². The predicted molar refractivity (Wildman–Crippen MR) is 123 cm³/mol. The normalized spacial score (nSPS) is 14.2. The fraction of sp³-hybridized carbons (Fsp3) is 0.333. The summed E-state index contributed by atoms with van der Waals surface area (Å²) in [4.78, 5) is 34.3. The minimum Gasteiger partial charge on any atom is -0.501 e. The molecule has 1 aliphatic rings. The van der Waals surface area contributed by atoms with Crippen molar-refractivity contribution in [1.29, 1.82) is 0 Å². The van der Waals surface area contributed by atoms with Crippen LogP contribution in [0.1, 0.15) is 35.7 Å². The zero-order valence-corrected chi connectivity index (χ0v) is 19.4. The number of amides is 1. The molecule has 2 aromatic heterocycles. The topological polar surface area (TPSA) is 125 Å². The van der Waals surface area contributed by atoms with Gasteiger partial charge in [0.15, 0.2) is 5.69 Å². The van der Waals surface area contributed by atoms with Gasteiger partial charge >= 0.3 is 0 Å². The van der Waals surface area contributed by atoms with E-state index >= 15 is 0 Å². The van der Waals surface area contributed by atoms with Gasteiger partial charge in [-0.2, -0.15) is 4.98 Å². The number of pyridine rings is 1. The molecule has 0 unspecified atom stereocenters. The second-order valence-electron chi connectivity index (χ2n) is 8.20. The Morgan fingerprint density at radius 2 is 1.91 bits per heavy atom. The summed E-state index contributed by atoms with van der Waals surface area (Å²) >= 11 is 0. The van der Waals surface area contributed by atoms with Crippen molar-refractivity contribution in [3.05, 3.63) is 63.8 Å². The van der Waals surface area contributed by atoms with Gasteiger partial charge in [-0.25, -0.2) is 4.98 Å². The average molecular weight is 466 g/mol. The molecule has 0 saturated carbocycles. The van der Waals surface area contributed by atoms with Crippen molar-refractivity contribution in [2.75, 3.05) is 20.8 Å². The fourth-order valence-electron chi connectivity index (χ4n) is 3.92. The molecule has 0 saturated heterocycles. The summed E-state index contributed by atoms with van der Waals surface area (Å²) in [6.07, 6.45) is 0. The average Bonchev–Trinajstić information content (AvgIpc) is 2.84. The van der Waals surface area contributed by atoms with Crippen LogP contribution < -0.4 is 20.3 Å². The molecule has 0 aliphatic carbocycles. The van der Waals surface area contributed by atoms with Crippen LogP contribution in [0.15, 0.2) is 41.2 Å². The van der Waals surface area contributed by atoms with Gasteiger partial charge in [0.1, 0.15) is 11.4 Å². The molecule has 1 aliphatic heterocycles. The Hall–Kier alpha value is -3.92. The van der Waals surface area contributed by atoms with Crippen molar-refractivity contribution in [2.24, 2.45) is 0 Å². The molecule has 0 bridgehead atoms. The van der Waals surface area contributed by atoms with Gasteiger partial charge in [0.2, 0.25) is 17.5 Å². The number of ether oxygens (including phenoxy) is 3. The molecule has 0 fully saturated rings. The number of rotatable bonds is 6. The second kappa shape index (κ2) is 9.14. The first kappa shape index (κ1) is 23.2. The number of nitrogens with zero attached hydrogens (tertiary/aromatic N) is 3. The number of nitrogens with one attached hydrogen (secondary N) is 1. The number of carbonyl (C=O) groups excluding carboxylic acids is 1. The van der Waals surface area contributed by atoms with Crippen molar-refractivity contribution in [3.8, 4) is 28.6 Å². The van der Waals surface area contributed by atoms with Crippen LogP contribution in [-0.4, -0.2) is 46.4 Å². The zero-order chi connectivity index (χ0) is 24.5. The van der Waals surface area contributed by atoms with Crippen LogP contribution in [-0.2, 0) is 23.4 Å². The van der Waals surface area contributed by atoms with E-state index in [0.29, 0.717) is 24.2 Å². The number of methoxy groups -OCH3 is 2. The van der Waals surface area contributed by atoms with Gasteiger partial charge in [0.05, 0.1) is 27.4 Å². The van der Waals surface area contributed by atoms with E-state index in [2.05, 4.69) is 15.3 Å². The summed E-state index contributed by atoms with van der Waals surface area (Å²) in [5, 5.41) is 13.2. The van der Waals surface area contributed by atoms with Crippen LogP contribution in [0.3, 0.4) is 0 Å². The van der Waals surface area contributed by atoms with Gasteiger partial charge in [-0.3, -0.25) is 14.2 Å². The van der Waals surface area contributed by atoms with E-state index in [0.717, 1.165) is 16.7 Å². The van der Waals surface area contributed by atoms with Crippen molar-refractivity contribution >= 4 is 5.91 Å². The highest BCUT2D eigenvalue weighted by molar-refractivity contribution is 5.94. The van der Waals surface area contributed by atoms with Crippen LogP contribution >= 0.6 is 0 Å². The van der Waals surface area contributed by atoms with E-state index in [1.165, 1.54) is 18.8 Å². The minimum atomic E-state index is -0.870. The lowest BCUT2D eigenvalue weighted by Crippen LogP contribution is -2.42. The molecule has 1 amide bonds. The Morgan fingerprint density at radius 3 is 2.65 bits per heavy atom. The van der Waals surface area contributed by atoms with Crippen LogP contribution in [0.5, 0.6) is 17.5 Å². The number of hydrogen-bond donors (Lipinski definition) is 2. The third-order valence-corrected chi connectivity index (χ3v) is 5.66. The monoisotopic (exact) mass is 466 g/mol. The first-order valence-corrected chi connectivity index (χ1v) is 10.7. The molecule has 3 aromatic rings. The highest BCUT2D eigenvalue weighted by Gasteiger charge is 2.34. The lowest BCUT2D eigenvalue weighted by atomic mass is 10.0. The molecule has 34 heavy (non-hydrogen) atoms. The SMILES string of the molecule is COc1ccc(-c2ccccc2CNC(=O)c2nc3n(c(=O)c2O)CCOC3(C)C)c(OC)n1. The third kappa shape index (κ3) is 4.19. The van der Waals surface area contributed by atoms with Gasteiger partial charge in [0.25, 0.3) is 11.5 Å². The van der Waals surface area contributed by atoms with E-state index in [4.69, 9.17) is 14.2 Å². The molecule has 0 spiro atoms. The first-order valence-electron chi connectivity index (χ1n) is 10.7. The molecular weight excluding hydrogens is 440 g/mol. The van der Waals surface area contributed by atoms with E-state index in [-0.39, 0.29) is 18.8 Å². The zero-order valence-electron chi connectivity index (χ0n) is 19.4. The van der Waals surface area contributed by atoms with E-state index in [9.17, 15) is 14.7 Å². The maximum absolute atomic E-state index is 13.0. The summed E-state index contributed by atoms with van der Waals surface area (Å²) < 4.78 is 17.6. The largest absolute Gasteiger partial charge is 0.501 e. The molecule has 0 radical (unpaired) electrons. The molecule has 4 rings (SSSR count). The summed E-state index contributed by atoms with van der Waals surface area (Å²) in [6, 6.07) is 11.0. The third-order valence-electron chi connectivity index (χ3n) is 5.66. The highest BCUT2D eigenvalue weighted by Crippen LogP contribution is 2.33. The standard InChI is InChI=1S/C24H26N4O6/c1-24(2)23-27-18(19(29)22(31)28(23)11-12-34-24)20(30)25-13-14-7-5-6-8-15(14)16-9-10-17(32-3)26-21(16)33-4/h5-10,29H,11-13H2,1-4H3,(H,25,30). The van der Waals surface area contributed by atoms with Crippen LogP contribution in [0.25, 0.3) is 11.1 Å². The number of aromatic nitrogens is 3. The molecule has 10 nitrogen and oxygen atoms in total. The molecule has 10 heteroatoms. The van der Waals surface area contributed by atoms with Gasteiger partial charge in [0, 0.05) is 18.2 Å². The summed E-state index contributed by atoms with van der Waals surface area (Å²) in [6.45, 7) is 4.20. The summed E-state index contributed by atoms with van der Waals surface area (Å²) in [7, 11) is 3.04. The Bertz CT molecular complexity index is 1300. The second-order valence-corrected chi connectivity index (χ2v) is 8.20. The molecule has 3 heterocycles. The lowest BCUT2D eigenvalue weighted by molar-refractivity contribution is -0.0566. The van der Waals surface area contributed by atoms with Gasteiger partial charge in [-0.15, -0.1) is 0 Å². The Morgan fingerprint density at radius 1 is 1.15 bits per heavy atom. The molecular formula is C24H26N4O6. The molecule has 2 N–H and O–H groups in total. The van der Waals surface area contributed by atoms with E-state index in [1.54, 1.807) is 19.9 Å². The van der Waals surface area contributed by atoms with Crippen molar-refractivity contribution in [2.45, 2.75) is 32.5 Å². The number of aromatic hydroxyl groups is 1. The number of hydrogen-bond acceptors (Lipinski definition) is 8. The Labute approximate surface area is 196 Å². The predicted octanol–water partition coefficient (Wildman–Crippen LogP) is 2.22. The molecule has 1 aromatic carbocycles. The van der Waals surface area contributed by atoms with Crippen LogP contribution in [0, 0.1) is 0 Å². The van der Waals surface area contributed by atoms with Crippen molar-refractivity contribution < 1.29 is 24.1 Å². The first-order chi connectivity index (χ1) is 16.3. The number of carbonyl (C=O) groups is 1. The smallest absolute Gasteiger partial charge is 0.296 e. The van der Waals surface area contributed by atoms with Gasteiger partial charge in [-0.05, 0) is 31.0 Å². The molecule has 178 valence electrons.